The third kappa shape index (κ3) is 39.7. The number of hydrogen-bond donors (Lipinski definition) is 3. The molecule has 1 unspecified atom stereocenters. The number of aliphatic hydroxyl groups is 2. The van der Waals surface area contributed by atoms with Crippen molar-refractivity contribution in [1.82, 2.24) is 0 Å². The van der Waals surface area contributed by atoms with Gasteiger partial charge < -0.3 is 24.6 Å². The topological polar surface area (TPSA) is 149 Å². The van der Waals surface area contributed by atoms with Gasteiger partial charge >= 0.3 is 19.8 Å². The van der Waals surface area contributed by atoms with Crippen LogP contribution < -0.4 is 0 Å². The van der Waals surface area contributed by atoms with Crippen molar-refractivity contribution >= 4 is 19.8 Å². The van der Waals surface area contributed by atoms with Gasteiger partial charge in [0.2, 0.25) is 0 Å². The Hall–Kier alpha value is -2.33. The molecule has 0 aliphatic rings. The van der Waals surface area contributed by atoms with Crippen molar-refractivity contribution in [2.24, 2.45) is 0 Å². The number of phosphoric ester groups is 1. The lowest BCUT2D eigenvalue weighted by molar-refractivity contribution is -0.161. The van der Waals surface area contributed by atoms with E-state index in [1.807, 2.05) is 6.08 Å². The van der Waals surface area contributed by atoms with Crippen LogP contribution in [0.4, 0.5) is 0 Å². The molecule has 0 rings (SSSR count). The molecule has 0 amide bonds. The van der Waals surface area contributed by atoms with E-state index >= 15 is 0 Å². The maximum Gasteiger partial charge on any atom is 0.472 e. The Morgan fingerprint density at radius 1 is 0.545 bits per heavy atom. The minimum Gasteiger partial charge on any atom is -0.462 e. The summed E-state index contributed by atoms with van der Waals surface area (Å²) >= 11 is 0. The maximum absolute atomic E-state index is 12.6. The molecule has 55 heavy (non-hydrogen) atoms. The number of unbranched alkanes of at least 4 members (excludes halogenated alkanes) is 15. The van der Waals surface area contributed by atoms with E-state index < -0.39 is 51.8 Å². The molecule has 3 N–H and O–H groups in total. The first kappa shape index (κ1) is 52.7. The lowest BCUT2D eigenvalue weighted by Crippen LogP contribution is -2.29. The number of carbonyl (C=O) groups is 2. The molecular weight excluding hydrogens is 719 g/mol. The first-order valence-corrected chi connectivity index (χ1v) is 22.7. The zero-order valence-electron chi connectivity index (χ0n) is 34.4. The Labute approximate surface area is 334 Å². The summed E-state index contributed by atoms with van der Waals surface area (Å²) in [6.45, 7) is 2.26. The monoisotopic (exact) mass is 797 g/mol. The summed E-state index contributed by atoms with van der Waals surface area (Å²) in [7, 11) is -4.63. The van der Waals surface area contributed by atoms with Gasteiger partial charge in [0.1, 0.15) is 12.7 Å². The number of hydrogen-bond acceptors (Lipinski definition) is 9. The van der Waals surface area contributed by atoms with Gasteiger partial charge in [-0.25, -0.2) is 4.57 Å². The molecule has 0 radical (unpaired) electrons. The van der Waals surface area contributed by atoms with Gasteiger partial charge in [-0.1, -0.05) is 139 Å². The fraction of sp³-hybridized carbons (Fsp3) is 0.727. The molecule has 0 aromatic carbocycles. The highest BCUT2D eigenvalue weighted by molar-refractivity contribution is 7.47. The second-order valence-electron chi connectivity index (χ2n) is 14.0. The van der Waals surface area contributed by atoms with Crippen LogP contribution in [0.15, 0.2) is 60.8 Å². The minimum atomic E-state index is -4.63. The van der Waals surface area contributed by atoms with E-state index in [9.17, 15) is 24.2 Å². The van der Waals surface area contributed by atoms with Crippen LogP contribution in [-0.4, -0.2) is 65.7 Å². The van der Waals surface area contributed by atoms with Crippen LogP contribution in [0.3, 0.4) is 0 Å². The van der Waals surface area contributed by atoms with Crippen molar-refractivity contribution in [2.75, 3.05) is 26.4 Å². The van der Waals surface area contributed by atoms with Gasteiger partial charge in [-0.05, 0) is 77.0 Å². The summed E-state index contributed by atoms with van der Waals surface area (Å²) in [5.74, 6) is -1.01. The molecule has 11 heteroatoms. The van der Waals surface area contributed by atoms with Crippen LogP contribution >= 0.6 is 7.82 Å². The molecule has 3 atom stereocenters. The molecule has 0 fully saturated rings. The van der Waals surface area contributed by atoms with Crippen LogP contribution in [0.5, 0.6) is 0 Å². The Kier molecular flexibility index (Phi) is 38.2. The Balaban J connectivity index is 4.44. The summed E-state index contributed by atoms with van der Waals surface area (Å²) in [5.41, 5.74) is 0. The lowest BCUT2D eigenvalue weighted by Gasteiger charge is -2.20. The highest BCUT2D eigenvalue weighted by Gasteiger charge is 2.27. The minimum absolute atomic E-state index is 0.107. The van der Waals surface area contributed by atoms with Gasteiger partial charge in [0.25, 0.3) is 0 Å². The first-order valence-electron chi connectivity index (χ1n) is 21.2. The van der Waals surface area contributed by atoms with Gasteiger partial charge in [-0.15, -0.1) is 0 Å². The van der Waals surface area contributed by atoms with Crippen LogP contribution in [0.1, 0.15) is 168 Å². The number of rotatable bonds is 39. The number of phosphoric acid groups is 1. The number of esters is 2. The fourth-order valence-electron chi connectivity index (χ4n) is 5.33. The highest BCUT2D eigenvalue weighted by atomic mass is 31.2. The van der Waals surface area contributed by atoms with E-state index in [2.05, 4.69) is 73.1 Å². The molecule has 0 aliphatic carbocycles. The van der Waals surface area contributed by atoms with E-state index in [0.717, 1.165) is 64.2 Å². The van der Waals surface area contributed by atoms with Gasteiger partial charge in [-0.2, -0.15) is 0 Å². The highest BCUT2D eigenvalue weighted by Crippen LogP contribution is 2.43. The number of ether oxygens (including phenoxy) is 2. The largest absolute Gasteiger partial charge is 0.472 e. The van der Waals surface area contributed by atoms with Crippen molar-refractivity contribution in [3.8, 4) is 0 Å². The SMILES string of the molecule is CCCCCC=CCC=CCCCCCCCC(=O)OC[C@H](COP(=O)(O)OC[C@@H](O)CO)OC(=O)CCCC=CCC=CCC=CCCCCCCCC. The molecule has 0 heterocycles. The third-order valence-corrected chi connectivity index (χ3v) is 9.60. The van der Waals surface area contributed by atoms with Gasteiger partial charge in [-0.3, -0.25) is 18.6 Å². The summed E-state index contributed by atoms with van der Waals surface area (Å²) in [6.07, 6.45) is 43.3. The average molecular weight is 797 g/mol. The second-order valence-corrected chi connectivity index (χ2v) is 15.5. The Morgan fingerprint density at radius 3 is 1.51 bits per heavy atom. The zero-order valence-corrected chi connectivity index (χ0v) is 35.3. The molecule has 0 saturated heterocycles. The van der Waals surface area contributed by atoms with Crippen molar-refractivity contribution in [2.45, 2.75) is 180 Å². The van der Waals surface area contributed by atoms with Gasteiger partial charge in [0.05, 0.1) is 19.8 Å². The quantitative estimate of drug-likeness (QED) is 0.0237. The molecule has 0 aliphatic heterocycles. The smallest absolute Gasteiger partial charge is 0.462 e. The summed E-state index contributed by atoms with van der Waals surface area (Å²) in [4.78, 5) is 34.9. The van der Waals surface area contributed by atoms with Crippen molar-refractivity contribution in [1.29, 1.82) is 0 Å². The molecule has 0 bridgehead atoms. The van der Waals surface area contributed by atoms with Gasteiger partial charge in [0.15, 0.2) is 6.10 Å². The van der Waals surface area contributed by atoms with Crippen LogP contribution in [0, 0.1) is 0 Å². The van der Waals surface area contributed by atoms with Crippen LogP contribution in [0.25, 0.3) is 0 Å². The number of allylic oxidation sites excluding steroid dienone is 10. The lowest BCUT2D eigenvalue weighted by atomic mass is 10.1. The molecule has 0 aromatic rings. The van der Waals surface area contributed by atoms with Crippen LogP contribution in [-0.2, 0) is 32.7 Å². The normalized spacial score (nSPS) is 14.5. The standard InChI is InChI=1S/C44H77O10P/c1-3-5-7-9-11-13-15-17-19-20-22-24-26-28-30-32-34-36-44(48)54-42(40-53-55(49,50)52-38-41(46)37-45)39-51-43(47)35-33-31-29-27-25-23-21-18-16-14-12-10-8-6-4-2/h12,14,17-19,21-22,24,28,30,41-42,45-46H,3-11,13,15-16,20,23,25-27,29,31-40H2,1-2H3,(H,49,50)/t41-,42+/m0/s1. The summed E-state index contributed by atoms with van der Waals surface area (Å²) in [5, 5.41) is 18.3. The third-order valence-electron chi connectivity index (χ3n) is 8.64. The summed E-state index contributed by atoms with van der Waals surface area (Å²) in [6, 6.07) is 0. The fourth-order valence-corrected chi connectivity index (χ4v) is 6.12. The van der Waals surface area contributed by atoms with Crippen molar-refractivity contribution in [3.63, 3.8) is 0 Å². The molecule has 0 spiro atoms. The van der Waals surface area contributed by atoms with E-state index in [1.165, 1.54) is 57.8 Å². The zero-order chi connectivity index (χ0) is 40.5. The molecular formula is C44H77O10P. The maximum atomic E-state index is 12.6. The summed E-state index contributed by atoms with van der Waals surface area (Å²) < 4.78 is 32.6. The Bertz CT molecular complexity index is 1100. The van der Waals surface area contributed by atoms with E-state index in [4.69, 9.17) is 19.1 Å². The second kappa shape index (κ2) is 39.9. The van der Waals surface area contributed by atoms with Crippen LogP contribution in [0.2, 0.25) is 0 Å². The molecule has 10 nitrogen and oxygen atoms in total. The number of carbonyl (C=O) groups excluding carboxylic acids is 2. The van der Waals surface area contributed by atoms with Crippen molar-refractivity contribution in [3.05, 3.63) is 60.8 Å². The predicted molar refractivity (Wildman–Crippen MR) is 224 cm³/mol. The molecule has 318 valence electrons. The van der Waals surface area contributed by atoms with Crippen molar-refractivity contribution < 1.29 is 47.8 Å². The van der Waals surface area contributed by atoms with E-state index in [1.54, 1.807) is 0 Å². The molecule has 0 saturated carbocycles. The van der Waals surface area contributed by atoms with E-state index in [0.29, 0.717) is 19.3 Å². The average Bonchev–Trinajstić information content (AvgIpc) is 3.17. The molecule has 0 aromatic heterocycles. The Morgan fingerprint density at radius 2 is 0.964 bits per heavy atom. The first-order chi connectivity index (χ1) is 26.7. The van der Waals surface area contributed by atoms with Gasteiger partial charge in [0, 0.05) is 12.8 Å². The predicted octanol–water partition coefficient (Wildman–Crippen LogP) is 11.1. The number of aliphatic hydroxyl groups excluding tert-OH is 2. The van der Waals surface area contributed by atoms with E-state index in [-0.39, 0.29) is 19.4 Å².